The lowest BCUT2D eigenvalue weighted by molar-refractivity contribution is -0.121. The number of benzene rings is 2. The molecule has 1 fully saturated rings. The van der Waals surface area contributed by atoms with Crippen LogP contribution in [-0.4, -0.2) is 58.8 Å². The Morgan fingerprint density at radius 3 is 2.61 bits per heavy atom. The number of fused-ring (bicyclic) bond motifs is 1. The number of hydrogen-bond donors (Lipinski definition) is 1. The van der Waals surface area contributed by atoms with Gasteiger partial charge in [0.2, 0.25) is 5.91 Å². The van der Waals surface area contributed by atoms with Crippen molar-refractivity contribution < 1.29 is 24.0 Å². The molecule has 1 aliphatic rings. The lowest BCUT2D eigenvalue weighted by atomic mass is 10.00. The Balaban J connectivity index is 1.40. The molecule has 0 aliphatic carbocycles. The summed E-state index contributed by atoms with van der Waals surface area (Å²) >= 11 is 14.2. The molecule has 4 aromatic rings. The fraction of sp³-hybridized carbons (Fsp3) is 0.308. The van der Waals surface area contributed by atoms with Crippen molar-refractivity contribution in [1.82, 2.24) is 15.0 Å². The van der Waals surface area contributed by atoms with Gasteiger partial charge in [-0.15, -0.1) is 0 Å². The van der Waals surface area contributed by atoms with E-state index in [-0.39, 0.29) is 23.9 Å². The zero-order valence-corrected chi connectivity index (χ0v) is 23.2. The largest absolute Gasteiger partial charge is 0.494 e. The molecule has 9 nitrogen and oxygen atoms in total. The number of carboxylic acids is 1. The lowest BCUT2D eigenvalue weighted by Gasteiger charge is -2.33. The maximum absolute atomic E-state index is 13.3. The van der Waals surface area contributed by atoms with Gasteiger partial charge in [-0.1, -0.05) is 59.6 Å². The normalized spacial score (nSPS) is 14.6. The molecule has 198 valence electrons. The van der Waals surface area contributed by atoms with Crippen LogP contribution in [0, 0.1) is 0 Å². The van der Waals surface area contributed by atoms with E-state index < -0.39 is 5.97 Å². The van der Waals surface area contributed by atoms with Crippen LogP contribution in [0.25, 0.3) is 21.5 Å². The molecule has 0 saturated carbocycles. The number of amides is 1. The Labute approximate surface area is 232 Å². The SMILES string of the molecule is COc1cc(C(=O)O)cc2sc(N3CCN(Cc4c(-c5c(Cl)cccc5Cl)noc4C(C)C)CC3=O)nc12. The van der Waals surface area contributed by atoms with Crippen molar-refractivity contribution in [2.24, 2.45) is 0 Å². The van der Waals surface area contributed by atoms with E-state index in [9.17, 15) is 14.7 Å². The number of carboxylic acid groups (broad SMARTS) is 1. The highest BCUT2D eigenvalue weighted by molar-refractivity contribution is 7.22. The molecule has 0 radical (unpaired) electrons. The molecule has 2 aromatic carbocycles. The number of aromatic carboxylic acids is 1. The van der Waals surface area contributed by atoms with Crippen molar-refractivity contribution in [3.63, 3.8) is 0 Å². The molecule has 12 heteroatoms. The number of thiazole rings is 1. The zero-order valence-electron chi connectivity index (χ0n) is 20.8. The number of aromatic nitrogens is 2. The third-order valence-electron chi connectivity index (χ3n) is 6.37. The van der Waals surface area contributed by atoms with Crippen LogP contribution in [0.4, 0.5) is 5.13 Å². The summed E-state index contributed by atoms with van der Waals surface area (Å²) in [5, 5.41) is 15.2. The summed E-state index contributed by atoms with van der Waals surface area (Å²) < 4.78 is 11.7. The van der Waals surface area contributed by atoms with Gasteiger partial charge in [0.05, 0.1) is 34.0 Å². The molecule has 1 aliphatic heterocycles. The Morgan fingerprint density at radius 1 is 1.24 bits per heavy atom. The minimum absolute atomic E-state index is 0.0675. The van der Waals surface area contributed by atoms with E-state index in [1.807, 2.05) is 18.7 Å². The van der Waals surface area contributed by atoms with Crippen molar-refractivity contribution in [3.05, 3.63) is 57.3 Å². The number of piperazine rings is 1. The first-order valence-corrected chi connectivity index (χ1v) is 13.4. The first-order valence-electron chi connectivity index (χ1n) is 11.8. The van der Waals surface area contributed by atoms with E-state index in [0.717, 1.165) is 11.3 Å². The smallest absolute Gasteiger partial charge is 0.335 e. The Kier molecular flexibility index (Phi) is 7.32. The summed E-state index contributed by atoms with van der Waals surface area (Å²) in [5.41, 5.74) is 2.66. The van der Waals surface area contributed by atoms with Gasteiger partial charge in [0.15, 0.2) is 5.13 Å². The fourth-order valence-corrected chi connectivity index (χ4v) is 6.16. The van der Waals surface area contributed by atoms with E-state index >= 15 is 0 Å². The Bertz CT molecular complexity index is 1530. The van der Waals surface area contributed by atoms with Crippen LogP contribution in [0.5, 0.6) is 5.75 Å². The second-order valence-electron chi connectivity index (χ2n) is 9.21. The molecule has 0 bridgehead atoms. The number of hydrogen-bond acceptors (Lipinski definition) is 8. The van der Waals surface area contributed by atoms with Crippen LogP contribution >= 0.6 is 34.5 Å². The molecule has 0 atom stereocenters. The number of nitrogens with zero attached hydrogens (tertiary/aromatic N) is 4. The second-order valence-corrected chi connectivity index (χ2v) is 11.0. The average molecular weight is 575 g/mol. The highest BCUT2D eigenvalue weighted by Gasteiger charge is 2.31. The van der Waals surface area contributed by atoms with E-state index in [0.29, 0.717) is 62.0 Å². The van der Waals surface area contributed by atoms with E-state index in [2.05, 4.69) is 10.1 Å². The van der Waals surface area contributed by atoms with Gasteiger partial charge in [-0.3, -0.25) is 14.6 Å². The third-order valence-corrected chi connectivity index (χ3v) is 8.03. The molecule has 0 spiro atoms. The summed E-state index contributed by atoms with van der Waals surface area (Å²) in [7, 11) is 1.46. The van der Waals surface area contributed by atoms with Gasteiger partial charge in [0.1, 0.15) is 22.7 Å². The quantitative estimate of drug-likeness (QED) is 0.289. The van der Waals surface area contributed by atoms with E-state index in [1.165, 1.54) is 24.5 Å². The first-order chi connectivity index (χ1) is 18.2. The van der Waals surface area contributed by atoms with Crippen molar-refractivity contribution >= 4 is 61.8 Å². The van der Waals surface area contributed by atoms with Gasteiger partial charge >= 0.3 is 5.97 Å². The standard InChI is InChI=1S/C26H24Cl2N4O5S/c1-13(2)24-15(22(30-37-24)21-16(27)5-4-6-17(21)28)11-31-7-8-32(20(33)12-31)26-29-23-18(36-3)9-14(25(34)35)10-19(23)38-26/h4-6,9-10,13H,7-8,11-12H2,1-3H3,(H,34,35). The molecular weight excluding hydrogens is 551 g/mol. The highest BCUT2D eigenvalue weighted by atomic mass is 35.5. The van der Waals surface area contributed by atoms with Gasteiger partial charge in [-0.25, -0.2) is 9.78 Å². The first kappa shape index (κ1) is 26.4. The number of anilines is 1. The monoisotopic (exact) mass is 574 g/mol. The lowest BCUT2D eigenvalue weighted by Crippen LogP contribution is -2.50. The average Bonchev–Trinajstić information content (AvgIpc) is 3.48. The van der Waals surface area contributed by atoms with Gasteiger partial charge < -0.3 is 14.4 Å². The minimum Gasteiger partial charge on any atom is -0.494 e. The molecule has 1 saturated heterocycles. The van der Waals surface area contributed by atoms with Gasteiger partial charge in [0, 0.05) is 36.7 Å². The number of carbonyl (C=O) groups is 2. The molecule has 0 unspecified atom stereocenters. The Morgan fingerprint density at radius 2 is 1.97 bits per heavy atom. The maximum atomic E-state index is 13.3. The number of halogens is 2. The topological polar surface area (TPSA) is 109 Å². The van der Waals surface area contributed by atoms with Crippen LogP contribution < -0.4 is 9.64 Å². The Hall–Kier alpha value is -3.18. The molecule has 1 N–H and O–H groups in total. The number of methoxy groups -OCH3 is 1. The van der Waals surface area contributed by atoms with E-state index in [4.69, 9.17) is 32.5 Å². The number of carbonyl (C=O) groups excluding carboxylic acids is 1. The molecule has 5 rings (SSSR count). The summed E-state index contributed by atoms with van der Waals surface area (Å²) in [6, 6.07) is 8.26. The van der Waals surface area contributed by atoms with Crippen molar-refractivity contribution in [2.75, 3.05) is 31.6 Å². The van der Waals surface area contributed by atoms with Gasteiger partial charge in [-0.2, -0.15) is 0 Å². The minimum atomic E-state index is -1.06. The van der Waals surface area contributed by atoms with Crippen LogP contribution in [0.2, 0.25) is 10.0 Å². The second kappa shape index (κ2) is 10.5. The van der Waals surface area contributed by atoms with Gasteiger partial charge in [-0.05, 0) is 24.3 Å². The molecular formula is C26H24Cl2N4O5S. The van der Waals surface area contributed by atoms with Gasteiger partial charge in [0.25, 0.3) is 0 Å². The fourth-order valence-electron chi connectivity index (χ4n) is 4.51. The van der Waals surface area contributed by atoms with E-state index in [1.54, 1.807) is 29.2 Å². The molecule has 3 heterocycles. The molecule has 1 amide bonds. The molecule has 38 heavy (non-hydrogen) atoms. The predicted molar refractivity (Wildman–Crippen MR) is 147 cm³/mol. The van der Waals surface area contributed by atoms with Crippen LogP contribution in [0.3, 0.4) is 0 Å². The van der Waals surface area contributed by atoms with Crippen LogP contribution in [0.1, 0.15) is 41.4 Å². The maximum Gasteiger partial charge on any atom is 0.335 e. The number of ether oxygens (including phenoxy) is 1. The third kappa shape index (κ3) is 4.84. The summed E-state index contributed by atoms with van der Waals surface area (Å²) in [6.07, 6.45) is 0. The van der Waals surface area contributed by atoms with Crippen LogP contribution in [-0.2, 0) is 11.3 Å². The van der Waals surface area contributed by atoms with Crippen molar-refractivity contribution in [3.8, 4) is 17.0 Å². The zero-order chi connectivity index (χ0) is 27.1. The molecule has 2 aromatic heterocycles. The van der Waals surface area contributed by atoms with Crippen LogP contribution in [0.15, 0.2) is 34.9 Å². The summed E-state index contributed by atoms with van der Waals surface area (Å²) in [6.45, 7) is 5.62. The summed E-state index contributed by atoms with van der Waals surface area (Å²) in [5.74, 6) is -0.0337. The highest BCUT2D eigenvalue weighted by Crippen LogP contribution is 2.40. The predicted octanol–water partition coefficient (Wildman–Crippen LogP) is 5.94. The summed E-state index contributed by atoms with van der Waals surface area (Å²) in [4.78, 5) is 33.0. The number of rotatable bonds is 7. The van der Waals surface area contributed by atoms with Crippen molar-refractivity contribution in [1.29, 1.82) is 0 Å². The van der Waals surface area contributed by atoms with Crippen molar-refractivity contribution in [2.45, 2.75) is 26.3 Å².